The number of carbonyl (C=O) groups is 1. The minimum absolute atomic E-state index is 0.238. The average Bonchev–Trinajstić information content (AvgIpc) is 2.94. The van der Waals surface area contributed by atoms with E-state index in [9.17, 15) is 4.79 Å². The predicted octanol–water partition coefficient (Wildman–Crippen LogP) is 3.27. The summed E-state index contributed by atoms with van der Waals surface area (Å²) in [7, 11) is 3.62. The molecule has 0 N–H and O–H groups in total. The van der Waals surface area contributed by atoms with Gasteiger partial charge in [-0.05, 0) is 51.4 Å². The van der Waals surface area contributed by atoms with Crippen LogP contribution in [0.5, 0.6) is 0 Å². The van der Waals surface area contributed by atoms with Crippen LogP contribution < -0.4 is 0 Å². The highest BCUT2D eigenvalue weighted by Crippen LogP contribution is 2.31. The van der Waals surface area contributed by atoms with E-state index in [2.05, 4.69) is 29.8 Å². The molecular weight excluding hydrogens is 308 g/mol. The zero-order chi connectivity index (χ0) is 16.8. The molecule has 0 aromatic carbocycles. The van der Waals surface area contributed by atoms with Crippen molar-refractivity contribution in [3.63, 3.8) is 0 Å². The Labute approximate surface area is 143 Å². The summed E-state index contributed by atoms with van der Waals surface area (Å²) in [5, 5.41) is 1.92. The molecule has 2 heterocycles. The first kappa shape index (κ1) is 18.2. The Morgan fingerprint density at radius 1 is 1.35 bits per heavy atom. The Kier molecular flexibility index (Phi) is 6.81. The van der Waals surface area contributed by atoms with Crippen molar-refractivity contribution in [3.8, 4) is 0 Å². The lowest BCUT2D eigenvalue weighted by Gasteiger charge is -2.32. The normalized spacial score (nSPS) is 17.5. The summed E-state index contributed by atoms with van der Waals surface area (Å²) >= 11 is 1.65. The molecule has 2 rings (SSSR count). The highest BCUT2D eigenvalue weighted by molar-refractivity contribution is 7.11. The van der Waals surface area contributed by atoms with E-state index in [1.165, 1.54) is 43.7 Å². The molecule has 1 aromatic rings. The summed E-state index contributed by atoms with van der Waals surface area (Å²) in [6.45, 7) is 9.94. The number of methoxy groups -OCH3 is 1. The van der Waals surface area contributed by atoms with Gasteiger partial charge in [0.2, 0.25) is 0 Å². The predicted molar refractivity (Wildman–Crippen MR) is 97.2 cm³/mol. The maximum atomic E-state index is 11.8. The molecule has 0 spiro atoms. The van der Waals surface area contributed by atoms with Crippen LogP contribution in [0.1, 0.15) is 40.6 Å². The summed E-state index contributed by atoms with van der Waals surface area (Å²) in [5.74, 6) is -0.238. The number of esters is 1. The topological polar surface area (TPSA) is 32.8 Å². The number of nitrogens with zero attached hydrogens (tertiary/aromatic N) is 2. The molecule has 0 radical (unpaired) electrons. The first-order valence-corrected chi connectivity index (χ1v) is 9.17. The van der Waals surface area contributed by atoms with Crippen LogP contribution in [-0.4, -0.2) is 62.7 Å². The minimum atomic E-state index is -0.238. The summed E-state index contributed by atoms with van der Waals surface area (Å²) in [4.78, 5) is 17.9. The lowest BCUT2D eigenvalue weighted by molar-refractivity contribution is 0.0600. The van der Waals surface area contributed by atoms with Gasteiger partial charge in [-0.2, -0.15) is 0 Å². The van der Waals surface area contributed by atoms with Crippen molar-refractivity contribution in [1.82, 2.24) is 9.80 Å². The first-order chi connectivity index (χ1) is 11.1. The third-order valence-corrected chi connectivity index (χ3v) is 5.76. The van der Waals surface area contributed by atoms with E-state index in [0.717, 1.165) is 24.9 Å². The van der Waals surface area contributed by atoms with E-state index < -0.39 is 0 Å². The van der Waals surface area contributed by atoms with Crippen molar-refractivity contribution in [2.24, 2.45) is 0 Å². The molecular formula is C18H28N2O2S. The van der Waals surface area contributed by atoms with Gasteiger partial charge in [-0.25, -0.2) is 4.79 Å². The number of likely N-dealkylation sites (N-methyl/N-ethyl adjacent to an activating group) is 1. The fourth-order valence-electron chi connectivity index (χ4n) is 3.00. The Balaban J connectivity index is 1.91. The van der Waals surface area contributed by atoms with Crippen LogP contribution in [0.15, 0.2) is 11.5 Å². The molecule has 4 nitrogen and oxygen atoms in total. The van der Waals surface area contributed by atoms with Gasteiger partial charge in [-0.15, -0.1) is 11.3 Å². The van der Waals surface area contributed by atoms with Crippen LogP contribution in [-0.2, 0) is 4.74 Å². The van der Waals surface area contributed by atoms with Crippen LogP contribution in [0.3, 0.4) is 0 Å². The molecule has 1 aliphatic rings. The Morgan fingerprint density at radius 3 is 2.65 bits per heavy atom. The van der Waals surface area contributed by atoms with Gasteiger partial charge in [0.1, 0.15) is 0 Å². The lowest BCUT2D eigenvalue weighted by atomic mass is 10.0. The monoisotopic (exact) mass is 336 g/mol. The van der Waals surface area contributed by atoms with Gasteiger partial charge < -0.3 is 14.5 Å². The smallest absolute Gasteiger partial charge is 0.338 e. The van der Waals surface area contributed by atoms with E-state index >= 15 is 0 Å². The number of allylic oxidation sites excluding steroid dienone is 2. The standard InChI is InChI=1S/C18H28N2O2S/c1-5-15(7-6-8-20-11-9-19(3)10-12-20)17-14(2)16(13-23-17)18(21)22-4/h5,13H,6-12H2,1-4H3. The van der Waals surface area contributed by atoms with Crippen LogP contribution in [0.2, 0.25) is 0 Å². The zero-order valence-electron chi connectivity index (χ0n) is 14.7. The molecule has 0 amide bonds. The van der Waals surface area contributed by atoms with Gasteiger partial charge in [0.15, 0.2) is 0 Å². The van der Waals surface area contributed by atoms with Gasteiger partial charge >= 0.3 is 5.97 Å². The summed E-state index contributed by atoms with van der Waals surface area (Å²) in [6, 6.07) is 0. The number of hydrogen-bond acceptors (Lipinski definition) is 5. The lowest BCUT2D eigenvalue weighted by Crippen LogP contribution is -2.44. The highest BCUT2D eigenvalue weighted by Gasteiger charge is 2.17. The zero-order valence-corrected chi connectivity index (χ0v) is 15.5. The molecule has 0 unspecified atom stereocenters. The largest absolute Gasteiger partial charge is 0.465 e. The van der Waals surface area contributed by atoms with Crippen LogP contribution >= 0.6 is 11.3 Å². The van der Waals surface area contributed by atoms with Gasteiger partial charge in [0.05, 0.1) is 12.7 Å². The number of thiophene rings is 1. The SMILES string of the molecule is CC=C(CCCN1CCN(C)CC1)c1scc(C(=O)OC)c1C. The highest BCUT2D eigenvalue weighted by atomic mass is 32.1. The third kappa shape index (κ3) is 4.66. The number of carbonyl (C=O) groups excluding carboxylic acids is 1. The molecule has 1 saturated heterocycles. The molecule has 0 aliphatic carbocycles. The molecule has 1 aromatic heterocycles. The van der Waals surface area contributed by atoms with Gasteiger partial charge in [0, 0.05) is 36.4 Å². The average molecular weight is 337 g/mol. The second kappa shape index (κ2) is 8.62. The molecule has 0 saturated carbocycles. The second-order valence-corrected chi connectivity index (χ2v) is 7.04. The maximum absolute atomic E-state index is 11.8. The molecule has 1 fully saturated rings. The van der Waals surface area contributed by atoms with Crippen molar-refractivity contribution in [2.75, 3.05) is 46.9 Å². The molecule has 23 heavy (non-hydrogen) atoms. The van der Waals surface area contributed by atoms with Crippen molar-refractivity contribution in [1.29, 1.82) is 0 Å². The fourth-order valence-corrected chi connectivity index (χ4v) is 4.16. The van der Waals surface area contributed by atoms with Crippen LogP contribution in [0.4, 0.5) is 0 Å². The molecule has 1 aliphatic heterocycles. The van der Waals surface area contributed by atoms with Crippen molar-refractivity contribution >= 4 is 22.9 Å². The van der Waals surface area contributed by atoms with E-state index in [1.54, 1.807) is 11.3 Å². The number of piperazine rings is 1. The van der Waals surface area contributed by atoms with E-state index in [1.807, 2.05) is 12.3 Å². The summed E-state index contributed by atoms with van der Waals surface area (Å²) in [5.41, 5.74) is 3.09. The third-order valence-electron chi connectivity index (χ3n) is 4.60. The maximum Gasteiger partial charge on any atom is 0.338 e. The van der Waals surface area contributed by atoms with Crippen molar-refractivity contribution < 1.29 is 9.53 Å². The number of hydrogen-bond donors (Lipinski definition) is 0. The van der Waals surface area contributed by atoms with Gasteiger partial charge in [-0.1, -0.05) is 6.08 Å². The van der Waals surface area contributed by atoms with Gasteiger partial charge in [-0.3, -0.25) is 0 Å². The first-order valence-electron chi connectivity index (χ1n) is 8.29. The summed E-state index contributed by atoms with van der Waals surface area (Å²) in [6.07, 6.45) is 4.41. The molecule has 0 bridgehead atoms. The molecule has 0 atom stereocenters. The fraction of sp³-hybridized carbons (Fsp3) is 0.611. The van der Waals surface area contributed by atoms with E-state index in [0.29, 0.717) is 5.56 Å². The minimum Gasteiger partial charge on any atom is -0.465 e. The van der Waals surface area contributed by atoms with Crippen LogP contribution in [0, 0.1) is 6.92 Å². The van der Waals surface area contributed by atoms with E-state index in [-0.39, 0.29) is 5.97 Å². The quantitative estimate of drug-likeness (QED) is 0.747. The van der Waals surface area contributed by atoms with Gasteiger partial charge in [0.25, 0.3) is 0 Å². The van der Waals surface area contributed by atoms with Crippen molar-refractivity contribution in [3.05, 3.63) is 27.5 Å². The number of ether oxygens (including phenoxy) is 1. The molecule has 128 valence electrons. The molecule has 5 heteroatoms. The van der Waals surface area contributed by atoms with E-state index in [4.69, 9.17) is 4.74 Å². The van der Waals surface area contributed by atoms with Crippen LogP contribution in [0.25, 0.3) is 5.57 Å². The Hall–Kier alpha value is -1.17. The Morgan fingerprint density at radius 2 is 2.04 bits per heavy atom. The second-order valence-electron chi connectivity index (χ2n) is 6.16. The van der Waals surface area contributed by atoms with Crippen molar-refractivity contribution in [2.45, 2.75) is 26.7 Å². The Bertz CT molecular complexity index is 557. The number of rotatable bonds is 6. The summed E-state index contributed by atoms with van der Waals surface area (Å²) < 4.78 is 4.85.